The topological polar surface area (TPSA) is 27.0 Å². The van der Waals surface area contributed by atoms with Gasteiger partial charge in [0.05, 0.1) is 12.0 Å². The van der Waals surface area contributed by atoms with E-state index in [4.69, 9.17) is 5.26 Å². The minimum absolute atomic E-state index is 0.331. The number of hydrogen-bond acceptors (Lipinski definition) is 2. The number of nitrogens with zero attached hydrogens (tertiary/aromatic N) is 2. The third kappa shape index (κ3) is 1.23. The Bertz CT molecular complexity index is 189. The van der Waals surface area contributed by atoms with Crippen molar-refractivity contribution in [1.82, 2.24) is 4.90 Å². The molecule has 1 unspecified atom stereocenters. The van der Waals surface area contributed by atoms with Gasteiger partial charge in [0.15, 0.2) is 0 Å². The molecule has 0 aromatic carbocycles. The second-order valence-corrected chi connectivity index (χ2v) is 3.50. The van der Waals surface area contributed by atoms with Gasteiger partial charge in [-0.3, -0.25) is 4.90 Å². The van der Waals surface area contributed by atoms with E-state index in [0.717, 1.165) is 13.0 Å². The fraction of sp³-hybridized carbons (Fsp3) is 0.900. The summed E-state index contributed by atoms with van der Waals surface area (Å²) in [6, 6.07) is 2.41. The molecule has 2 nitrogen and oxygen atoms in total. The van der Waals surface area contributed by atoms with Gasteiger partial charge in [-0.15, -0.1) is 0 Å². The summed E-state index contributed by atoms with van der Waals surface area (Å²) in [7, 11) is 2.14. The summed E-state index contributed by atoms with van der Waals surface area (Å²) in [6.07, 6.45) is 3.59. The number of nitriles is 1. The fourth-order valence-corrected chi connectivity index (χ4v) is 2.12. The van der Waals surface area contributed by atoms with Gasteiger partial charge < -0.3 is 0 Å². The van der Waals surface area contributed by atoms with Gasteiger partial charge in [-0.1, -0.05) is 13.8 Å². The Morgan fingerprint density at radius 3 is 2.33 bits per heavy atom. The molecule has 0 amide bonds. The van der Waals surface area contributed by atoms with E-state index < -0.39 is 0 Å². The van der Waals surface area contributed by atoms with Crippen molar-refractivity contribution in [2.24, 2.45) is 5.92 Å². The number of likely N-dealkylation sites (tertiary alicyclic amines) is 1. The first kappa shape index (κ1) is 9.54. The van der Waals surface area contributed by atoms with Crippen molar-refractivity contribution in [3.8, 4) is 6.07 Å². The SMILES string of the molecule is CC.CN1CCC(C#N)C12CC2. The molecule has 0 radical (unpaired) electrons. The van der Waals surface area contributed by atoms with Crippen molar-refractivity contribution in [3.63, 3.8) is 0 Å². The highest BCUT2D eigenvalue weighted by Crippen LogP contribution is 2.51. The first-order valence-electron chi connectivity index (χ1n) is 4.90. The van der Waals surface area contributed by atoms with Crippen molar-refractivity contribution >= 4 is 0 Å². The van der Waals surface area contributed by atoms with E-state index in [2.05, 4.69) is 18.0 Å². The zero-order valence-corrected chi connectivity index (χ0v) is 8.30. The number of hydrogen-bond donors (Lipinski definition) is 0. The summed E-state index contributed by atoms with van der Waals surface area (Å²) >= 11 is 0. The standard InChI is InChI=1S/C8H12N2.C2H6/c1-10-5-2-7(6-9)8(10)3-4-8;1-2/h7H,2-5H2,1H3;1-2H3. The highest BCUT2D eigenvalue weighted by Gasteiger charge is 2.55. The summed E-state index contributed by atoms with van der Waals surface area (Å²) in [5.41, 5.74) is 0.342. The van der Waals surface area contributed by atoms with Crippen LogP contribution in [0.4, 0.5) is 0 Å². The molecule has 1 aliphatic heterocycles. The maximum Gasteiger partial charge on any atom is 0.0675 e. The van der Waals surface area contributed by atoms with E-state index in [9.17, 15) is 0 Å². The van der Waals surface area contributed by atoms with Crippen LogP contribution in [-0.2, 0) is 0 Å². The monoisotopic (exact) mass is 166 g/mol. The molecule has 1 heterocycles. The first-order chi connectivity index (χ1) is 5.79. The summed E-state index contributed by atoms with van der Waals surface area (Å²) in [5.74, 6) is 0.331. The van der Waals surface area contributed by atoms with Gasteiger partial charge in [0.2, 0.25) is 0 Å². The zero-order chi connectivity index (χ0) is 9.19. The van der Waals surface area contributed by atoms with E-state index >= 15 is 0 Å². The van der Waals surface area contributed by atoms with Crippen LogP contribution < -0.4 is 0 Å². The molecule has 1 saturated heterocycles. The van der Waals surface area contributed by atoms with Crippen LogP contribution in [0.3, 0.4) is 0 Å². The second kappa shape index (κ2) is 3.45. The molecule has 2 aliphatic rings. The van der Waals surface area contributed by atoms with Gasteiger partial charge in [0, 0.05) is 5.54 Å². The molecule has 2 rings (SSSR count). The van der Waals surface area contributed by atoms with Crippen molar-refractivity contribution in [2.75, 3.05) is 13.6 Å². The van der Waals surface area contributed by atoms with Crippen LogP contribution in [0.5, 0.6) is 0 Å². The lowest BCUT2D eigenvalue weighted by Gasteiger charge is -2.19. The highest BCUT2D eigenvalue weighted by molar-refractivity contribution is 5.17. The van der Waals surface area contributed by atoms with E-state index in [1.165, 1.54) is 12.8 Å². The normalized spacial score (nSPS) is 30.7. The van der Waals surface area contributed by atoms with Crippen LogP contribution in [-0.4, -0.2) is 24.0 Å². The molecule has 2 heteroatoms. The van der Waals surface area contributed by atoms with Gasteiger partial charge in [0.1, 0.15) is 0 Å². The molecular weight excluding hydrogens is 148 g/mol. The lowest BCUT2D eigenvalue weighted by atomic mass is 10.0. The van der Waals surface area contributed by atoms with Crippen molar-refractivity contribution in [1.29, 1.82) is 5.26 Å². The van der Waals surface area contributed by atoms with E-state index in [1.54, 1.807) is 0 Å². The molecule has 12 heavy (non-hydrogen) atoms. The summed E-state index contributed by atoms with van der Waals surface area (Å²) in [5, 5.41) is 8.78. The smallest absolute Gasteiger partial charge is 0.0675 e. The van der Waals surface area contributed by atoms with Crippen molar-refractivity contribution in [2.45, 2.75) is 38.6 Å². The van der Waals surface area contributed by atoms with Crippen molar-refractivity contribution in [3.05, 3.63) is 0 Å². The van der Waals surface area contributed by atoms with E-state index in [1.807, 2.05) is 13.8 Å². The maximum atomic E-state index is 8.78. The predicted octanol–water partition coefficient (Wildman–Crippen LogP) is 2.02. The molecule has 0 bridgehead atoms. The fourth-order valence-electron chi connectivity index (χ4n) is 2.12. The third-order valence-electron chi connectivity index (χ3n) is 3.08. The average Bonchev–Trinajstić information content (AvgIpc) is 2.83. The highest BCUT2D eigenvalue weighted by atomic mass is 15.2. The van der Waals surface area contributed by atoms with Crippen LogP contribution in [0.15, 0.2) is 0 Å². The number of rotatable bonds is 0. The van der Waals surface area contributed by atoms with Crippen LogP contribution in [0, 0.1) is 17.2 Å². The Morgan fingerprint density at radius 2 is 2.00 bits per heavy atom. The summed E-state index contributed by atoms with van der Waals surface area (Å²) < 4.78 is 0. The molecule has 1 aliphatic carbocycles. The Kier molecular flexibility index (Phi) is 2.74. The molecular formula is C10H18N2. The zero-order valence-electron chi connectivity index (χ0n) is 8.30. The van der Waals surface area contributed by atoms with E-state index in [-0.39, 0.29) is 0 Å². The van der Waals surface area contributed by atoms with Gasteiger partial charge in [-0.2, -0.15) is 5.26 Å². The van der Waals surface area contributed by atoms with Crippen LogP contribution in [0.2, 0.25) is 0 Å². The van der Waals surface area contributed by atoms with E-state index in [0.29, 0.717) is 11.5 Å². The largest absolute Gasteiger partial charge is 0.299 e. The Labute approximate surface area is 75.2 Å². The Balaban J connectivity index is 0.000000336. The van der Waals surface area contributed by atoms with Crippen molar-refractivity contribution < 1.29 is 0 Å². The summed E-state index contributed by atoms with van der Waals surface area (Å²) in [4.78, 5) is 2.36. The molecule has 68 valence electrons. The van der Waals surface area contributed by atoms with Crippen LogP contribution >= 0.6 is 0 Å². The molecule has 0 aromatic heterocycles. The van der Waals surface area contributed by atoms with Gasteiger partial charge >= 0.3 is 0 Å². The minimum atomic E-state index is 0.331. The molecule has 0 aromatic rings. The van der Waals surface area contributed by atoms with Gasteiger partial charge in [-0.25, -0.2) is 0 Å². The van der Waals surface area contributed by atoms with Crippen LogP contribution in [0.1, 0.15) is 33.1 Å². The Hall–Kier alpha value is -0.550. The second-order valence-electron chi connectivity index (χ2n) is 3.50. The summed E-state index contributed by atoms with van der Waals surface area (Å²) in [6.45, 7) is 5.12. The molecule has 1 atom stereocenters. The molecule has 2 fully saturated rings. The molecule has 0 N–H and O–H groups in total. The average molecular weight is 166 g/mol. The quantitative estimate of drug-likeness (QED) is 0.550. The Morgan fingerprint density at radius 1 is 1.42 bits per heavy atom. The first-order valence-corrected chi connectivity index (χ1v) is 4.90. The maximum absolute atomic E-state index is 8.78. The van der Waals surface area contributed by atoms with Crippen LogP contribution in [0.25, 0.3) is 0 Å². The molecule has 1 saturated carbocycles. The predicted molar refractivity (Wildman–Crippen MR) is 49.7 cm³/mol. The van der Waals surface area contributed by atoms with Gasteiger partial charge in [0.25, 0.3) is 0 Å². The lowest BCUT2D eigenvalue weighted by molar-refractivity contribution is 0.270. The lowest BCUT2D eigenvalue weighted by Crippen LogP contribution is -2.30. The molecule has 1 spiro atoms. The van der Waals surface area contributed by atoms with Gasteiger partial charge in [-0.05, 0) is 32.9 Å². The third-order valence-corrected chi connectivity index (χ3v) is 3.08. The minimum Gasteiger partial charge on any atom is -0.299 e.